The van der Waals surface area contributed by atoms with E-state index in [-0.39, 0.29) is 5.82 Å². The van der Waals surface area contributed by atoms with Crippen LogP contribution in [0.5, 0.6) is 0 Å². The van der Waals surface area contributed by atoms with Crippen LogP contribution >= 0.6 is 15.9 Å². The Balaban J connectivity index is 1.44. The summed E-state index contributed by atoms with van der Waals surface area (Å²) in [7, 11) is 0. The van der Waals surface area contributed by atoms with Gasteiger partial charge in [0.1, 0.15) is 5.82 Å². The minimum atomic E-state index is -0.846. The molecule has 1 N–H and O–H groups in total. The van der Waals surface area contributed by atoms with Crippen LogP contribution < -0.4 is 0 Å². The van der Waals surface area contributed by atoms with E-state index in [2.05, 4.69) is 22.0 Å². The van der Waals surface area contributed by atoms with Crippen molar-refractivity contribution in [2.24, 2.45) is 17.8 Å². The van der Waals surface area contributed by atoms with Crippen molar-refractivity contribution in [3.05, 3.63) is 46.2 Å². The maximum atomic E-state index is 13.8. The van der Waals surface area contributed by atoms with Gasteiger partial charge >= 0.3 is 5.97 Å². The second-order valence-electron chi connectivity index (χ2n) is 8.04. The first kappa shape index (κ1) is 19.6. The quantitative estimate of drug-likeness (QED) is 0.535. The van der Waals surface area contributed by atoms with E-state index >= 15 is 0 Å². The first-order valence-corrected chi connectivity index (χ1v) is 10.7. The highest BCUT2D eigenvalue weighted by Gasteiger charge is 2.31. The predicted molar refractivity (Wildman–Crippen MR) is 106 cm³/mol. The normalized spacial score (nSPS) is 29.8. The van der Waals surface area contributed by atoms with Crippen molar-refractivity contribution in [2.75, 3.05) is 0 Å². The van der Waals surface area contributed by atoms with Crippen LogP contribution in [0, 0.1) is 23.6 Å². The highest BCUT2D eigenvalue weighted by atomic mass is 79.9. The Bertz CT molecular complexity index is 642. The molecule has 1 aromatic carbocycles. The number of rotatable bonds is 5. The Kier molecular flexibility index (Phi) is 6.91. The SMILES string of the molecule is O=C(O)/C=C/CC1CCC(C2CCC(c3ccc(Br)c(F)c3)CC2)CC1. The lowest BCUT2D eigenvalue weighted by molar-refractivity contribution is -0.131. The van der Waals surface area contributed by atoms with Gasteiger partial charge in [0.15, 0.2) is 0 Å². The van der Waals surface area contributed by atoms with Crippen molar-refractivity contribution in [2.45, 2.75) is 63.7 Å². The maximum Gasteiger partial charge on any atom is 0.327 e. The average molecular weight is 423 g/mol. The van der Waals surface area contributed by atoms with Crippen LogP contribution in [0.1, 0.15) is 69.3 Å². The number of halogens is 2. The van der Waals surface area contributed by atoms with Gasteiger partial charge < -0.3 is 5.11 Å². The molecule has 0 unspecified atom stereocenters. The van der Waals surface area contributed by atoms with Crippen LogP contribution in [0.2, 0.25) is 0 Å². The second kappa shape index (κ2) is 9.16. The first-order chi connectivity index (χ1) is 12.5. The van der Waals surface area contributed by atoms with Crippen LogP contribution in [0.3, 0.4) is 0 Å². The molecule has 0 aliphatic heterocycles. The summed E-state index contributed by atoms with van der Waals surface area (Å²) in [6, 6.07) is 5.59. The summed E-state index contributed by atoms with van der Waals surface area (Å²) in [5.74, 6) is 1.82. The molecule has 2 fully saturated rings. The number of hydrogen-bond donors (Lipinski definition) is 1. The van der Waals surface area contributed by atoms with Crippen LogP contribution in [0.15, 0.2) is 34.8 Å². The molecule has 0 atom stereocenters. The van der Waals surface area contributed by atoms with Gasteiger partial charge in [-0.25, -0.2) is 9.18 Å². The van der Waals surface area contributed by atoms with Gasteiger partial charge in [-0.2, -0.15) is 0 Å². The molecule has 0 saturated heterocycles. The Morgan fingerprint density at radius 2 is 1.69 bits per heavy atom. The molecule has 0 bridgehead atoms. The van der Waals surface area contributed by atoms with Gasteiger partial charge in [-0.1, -0.05) is 12.1 Å². The zero-order valence-electron chi connectivity index (χ0n) is 15.2. The number of allylic oxidation sites excluding steroid dienone is 1. The molecule has 0 spiro atoms. The van der Waals surface area contributed by atoms with Crippen molar-refractivity contribution < 1.29 is 14.3 Å². The third-order valence-corrected chi connectivity index (χ3v) is 7.12. The van der Waals surface area contributed by atoms with Gasteiger partial charge in [0.05, 0.1) is 4.47 Å². The van der Waals surface area contributed by atoms with Crippen LogP contribution in [-0.4, -0.2) is 11.1 Å². The summed E-state index contributed by atoms with van der Waals surface area (Å²) in [6.07, 6.45) is 13.9. The lowest BCUT2D eigenvalue weighted by Crippen LogP contribution is -2.25. The first-order valence-electron chi connectivity index (χ1n) is 9.87. The summed E-state index contributed by atoms with van der Waals surface area (Å²) in [6.45, 7) is 0. The zero-order chi connectivity index (χ0) is 18.5. The summed E-state index contributed by atoms with van der Waals surface area (Å²) in [4.78, 5) is 10.6. The number of aliphatic carboxylic acids is 1. The Labute approximate surface area is 164 Å². The van der Waals surface area contributed by atoms with Gasteiger partial charge in [0, 0.05) is 6.08 Å². The number of carboxylic acids is 1. The molecule has 2 aliphatic rings. The molecule has 0 amide bonds. The summed E-state index contributed by atoms with van der Waals surface area (Å²) >= 11 is 3.23. The van der Waals surface area contributed by atoms with E-state index < -0.39 is 5.97 Å². The largest absolute Gasteiger partial charge is 0.478 e. The molecule has 4 heteroatoms. The molecule has 0 heterocycles. The highest BCUT2D eigenvalue weighted by molar-refractivity contribution is 9.10. The molecule has 2 saturated carbocycles. The molecule has 0 radical (unpaired) electrons. The fourth-order valence-corrected chi connectivity index (χ4v) is 5.19. The lowest BCUT2D eigenvalue weighted by atomic mass is 9.68. The molecular formula is C22H28BrFO2. The van der Waals surface area contributed by atoms with Crippen molar-refractivity contribution in [1.82, 2.24) is 0 Å². The predicted octanol–water partition coefficient (Wildman–Crippen LogP) is 6.70. The number of hydrogen-bond acceptors (Lipinski definition) is 1. The van der Waals surface area contributed by atoms with E-state index in [1.165, 1.54) is 57.4 Å². The van der Waals surface area contributed by atoms with Gasteiger partial charge in [0.25, 0.3) is 0 Å². The fraction of sp³-hybridized carbons (Fsp3) is 0.591. The summed E-state index contributed by atoms with van der Waals surface area (Å²) in [5.41, 5.74) is 1.15. The molecule has 26 heavy (non-hydrogen) atoms. The third-order valence-electron chi connectivity index (χ3n) is 6.47. The van der Waals surface area contributed by atoms with Gasteiger partial charge in [-0.05, 0) is 115 Å². The average Bonchev–Trinajstić information content (AvgIpc) is 2.64. The summed E-state index contributed by atoms with van der Waals surface area (Å²) in [5, 5.41) is 8.68. The van der Waals surface area contributed by atoms with Crippen LogP contribution in [-0.2, 0) is 4.79 Å². The monoisotopic (exact) mass is 422 g/mol. The van der Waals surface area contributed by atoms with E-state index in [1.807, 2.05) is 12.1 Å². The lowest BCUT2D eigenvalue weighted by Gasteiger charge is -2.38. The molecule has 3 rings (SSSR count). The molecule has 2 aliphatic carbocycles. The van der Waals surface area contributed by atoms with Crippen LogP contribution in [0.25, 0.3) is 0 Å². The number of carboxylic acid groups (broad SMARTS) is 1. The molecule has 142 valence electrons. The van der Waals surface area contributed by atoms with Crippen LogP contribution in [0.4, 0.5) is 4.39 Å². The Hall–Kier alpha value is -1.16. The summed E-state index contributed by atoms with van der Waals surface area (Å²) < 4.78 is 14.3. The van der Waals surface area contributed by atoms with Crippen molar-refractivity contribution in [3.63, 3.8) is 0 Å². The molecule has 0 aromatic heterocycles. The second-order valence-corrected chi connectivity index (χ2v) is 8.90. The Morgan fingerprint density at radius 1 is 1.08 bits per heavy atom. The smallest absolute Gasteiger partial charge is 0.327 e. The van der Waals surface area contributed by atoms with E-state index in [0.29, 0.717) is 16.3 Å². The Morgan fingerprint density at radius 3 is 2.27 bits per heavy atom. The van der Waals surface area contributed by atoms with E-state index in [9.17, 15) is 9.18 Å². The van der Waals surface area contributed by atoms with Gasteiger partial charge in [-0.15, -0.1) is 0 Å². The maximum absolute atomic E-state index is 13.8. The van der Waals surface area contributed by atoms with Gasteiger partial charge in [0.2, 0.25) is 0 Å². The fourth-order valence-electron chi connectivity index (χ4n) is 4.95. The number of carbonyl (C=O) groups is 1. The molecular weight excluding hydrogens is 395 g/mol. The standard InChI is InChI=1S/C22H28BrFO2/c23-20-13-12-19(14-21(20)24)18-10-8-17(9-11-18)16-6-4-15(5-7-16)2-1-3-22(25)26/h1,3,12-18H,2,4-11H2,(H,25,26)/b3-1+. The van der Waals surface area contributed by atoms with Crippen molar-refractivity contribution >= 4 is 21.9 Å². The van der Waals surface area contributed by atoms with Crippen molar-refractivity contribution in [3.8, 4) is 0 Å². The van der Waals surface area contributed by atoms with E-state index in [1.54, 1.807) is 6.07 Å². The minimum Gasteiger partial charge on any atom is -0.478 e. The third kappa shape index (κ3) is 5.18. The topological polar surface area (TPSA) is 37.3 Å². The molecule has 1 aromatic rings. The minimum absolute atomic E-state index is 0.153. The van der Waals surface area contributed by atoms with E-state index in [0.717, 1.165) is 23.8 Å². The molecule has 2 nitrogen and oxygen atoms in total. The zero-order valence-corrected chi connectivity index (χ0v) is 16.8. The van der Waals surface area contributed by atoms with Crippen molar-refractivity contribution in [1.29, 1.82) is 0 Å². The van der Waals surface area contributed by atoms with Gasteiger partial charge in [-0.3, -0.25) is 0 Å². The number of benzene rings is 1. The highest BCUT2D eigenvalue weighted by Crippen LogP contribution is 2.44. The van der Waals surface area contributed by atoms with E-state index in [4.69, 9.17) is 5.11 Å².